The average Bonchev–Trinajstić information content (AvgIpc) is 2.46. The fourth-order valence-electron chi connectivity index (χ4n) is 1.82. The maximum absolute atomic E-state index is 4.29. The van der Waals surface area contributed by atoms with Crippen molar-refractivity contribution < 1.29 is 0 Å². The second kappa shape index (κ2) is 4.73. The van der Waals surface area contributed by atoms with Crippen molar-refractivity contribution in [3.63, 3.8) is 0 Å². The first-order chi connectivity index (χ1) is 8.92. The Morgan fingerprint density at radius 3 is 2.44 bits per heavy atom. The van der Waals surface area contributed by atoms with Gasteiger partial charge in [-0.15, -0.1) is 0 Å². The van der Waals surface area contributed by atoms with Crippen molar-refractivity contribution >= 4 is 10.9 Å². The zero-order valence-electron chi connectivity index (χ0n) is 9.80. The predicted octanol–water partition coefficient (Wildman–Crippen LogP) is 3.63. The van der Waals surface area contributed by atoms with Gasteiger partial charge in [-0.1, -0.05) is 36.1 Å². The van der Waals surface area contributed by atoms with Crippen molar-refractivity contribution in [1.29, 1.82) is 0 Å². The highest BCUT2D eigenvalue weighted by Gasteiger charge is 1.93. The molecule has 2 aromatic carbocycles. The standard InChI is InChI=1S/C17H11N/c1-2-5-14(6-3-1)8-9-15-10-11-17-16(13-15)7-4-12-18-17/h1-7,10-13H. The van der Waals surface area contributed by atoms with Crippen molar-refractivity contribution in [1.82, 2.24) is 4.98 Å². The first kappa shape index (κ1) is 10.6. The van der Waals surface area contributed by atoms with Crippen LogP contribution in [0.2, 0.25) is 0 Å². The number of nitrogens with zero attached hydrogens (tertiary/aromatic N) is 1. The minimum atomic E-state index is 1.00. The summed E-state index contributed by atoms with van der Waals surface area (Å²) >= 11 is 0. The van der Waals surface area contributed by atoms with Crippen LogP contribution in [0, 0.1) is 11.8 Å². The summed E-state index contributed by atoms with van der Waals surface area (Å²) in [5, 5.41) is 1.12. The third kappa shape index (κ3) is 2.23. The maximum atomic E-state index is 4.29. The van der Waals surface area contributed by atoms with E-state index in [4.69, 9.17) is 0 Å². The minimum Gasteiger partial charge on any atom is -0.256 e. The Morgan fingerprint density at radius 1 is 0.722 bits per heavy atom. The molecule has 0 saturated carbocycles. The molecule has 84 valence electrons. The molecule has 1 nitrogen and oxygen atoms in total. The van der Waals surface area contributed by atoms with Crippen LogP contribution in [-0.4, -0.2) is 4.98 Å². The van der Waals surface area contributed by atoms with Crippen molar-refractivity contribution in [2.24, 2.45) is 0 Å². The summed E-state index contributed by atoms with van der Waals surface area (Å²) in [5.74, 6) is 6.33. The second-order valence-corrected chi connectivity index (χ2v) is 4.03. The Labute approximate surface area is 106 Å². The molecule has 18 heavy (non-hydrogen) atoms. The Bertz CT molecular complexity index is 733. The van der Waals surface area contributed by atoms with Crippen LogP contribution in [0.3, 0.4) is 0 Å². The van der Waals surface area contributed by atoms with E-state index in [1.54, 1.807) is 6.20 Å². The third-order valence-electron chi connectivity index (χ3n) is 2.73. The van der Waals surface area contributed by atoms with Gasteiger partial charge in [-0.2, -0.15) is 0 Å². The van der Waals surface area contributed by atoms with Crippen LogP contribution < -0.4 is 0 Å². The number of fused-ring (bicyclic) bond motifs is 1. The predicted molar refractivity (Wildman–Crippen MR) is 74.2 cm³/mol. The number of hydrogen-bond acceptors (Lipinski definition) is 1. The minimum absolute atomic E-state index is 1.00. The van der Waals surface area contributed by atoms with Gasteiger partial charge >= 0.3 is 0 Å². The Hall–Kier alpha value is -2.59. The topological polar surface area (TPSA) is 12.9 Å². The van der Waals surface area contributed by atoms with Crippen molar-refractivity contribution in [3.8, 4) is 11.8 Å². The largest absolute Gasteiger partial charge is 0.256 e. The molecule has 0 aliphatic heterocycles. The molecule has 0 saturated heterocycles. The van der Waals surface area contributed by atoms with Gasteiger partial charge in [0.05, 0.1) is 5.52 Å². The Kier molecular flexibility index (Phi) is 2.77. The van der Waals surface area contributed by atoms with Gasteiger partial charge in [0.1, 0.15) is 0 Å². The molecule has 0 radical (unpaired) electrons. The first-order valence-corrected chi connectivity index (χ1v) is 5.84. The van der Waals surface area contributed by atoms with E-state index < -0.39 is 0 Å². The number of benzene rings is 2. The quantitative estimate of drug-likeness (QED) is 0.536. The fourth-order valence-corrected chi connectivity index (χ4v) is 1.82. The number of pyridine rings is 1. The Balaban J connectivity index is 1.99. The fraction of sp³-hybridized carbons (Fsp3) is 0. The SMILES string of the molecule is C(#Cc1ccc2ncccc2c1)c1ccccc1. The van der Waals surface area contributed by atoms with Crippen molar-refractivity contribution in [3.05, 3.63) is 78.0 Å². The summed E-state index contributed by atoms with van der Waals surface area (Å²) < 4.78 is 0. The summed E-state index contributed by atoms with van der Waals surface area (Å²) in [6, 6.07) is 20.1. The van der Waals surface area contributed by atoms with E-state index in [0.29, 0.717) is 0 Å². The molecule has 1 aromatic heterocycles. The molecule has 0 N–H and O–H groups in total. The van der Waals surface area contributed by atoms with E-state index in [1.165, 1.54) is 0 Å². The second-order valence-electron chi connectivity index (χ2n) is 4.03. The molecule has 3 aromatic rings. The molecule has 3 rings (SSSR count). The lowest BCUT2D eigenvalue weighted by molar-refractivity contribution is 1.41. The lowest BCUT2D eigenvalue weighted by Crippen LogP contribution is -1.80. The van der Waals surface area contributed by atoms with Crippen LogP contribution in [0.1, 0.15) is 11.1 Å². The number of rotatable bonds is 0. The lowest BCUT2D eigenvalue weighted by Gasteiger charge is -1.96. The molecule has 0 bridgehead atoms. The van der Waals surface area contributed by atoms with Crippen LogP contribution in [-0.2, 0) is 0 Å². The van der Waals surface area contributed by atoms with Gasteiger partial charge in [0.15, 0.2) is 0 Å². The van der Waals surface area contributed by atoms with Gasteiger partial charge in [0, 0.05) is 22.7 Å². The lowest BCUT2D eigenvalue weighted by atomic mass is 10.1. The molecule has 1 heteroatoms. The van der Waals surface area contributed by atoms with Crippen LogP contribution in [0.5, 0.6) is 0 Å². The molecule has 1 heterocycles. The van der Waals surface area contributed by atoms with E-state index >= 15 is 0 Å². The molecule has 0 aliphatic rings. The monoisotopic (exact) mass is 229 g/mol. The van der Waals surface area contributed by atoms with E-state index in [9.17, 15) is 0 Å². The number of aromatic nitrogens is 1. The van der Waals surface area contributed by atoms with Crippen molar-refractivity contribution in [2.45, 2.75) is 0 Å². The molecular formula is C17H11N. The molecule has 0 spiro atoms. The van der Waals surface area contributed by atoms with Gasteiger partial charge in [-0.3, -0.25) is 4.98 Å². The zero-order chi connectivity index (χ0) is 12.2. The molecule has 0 unspecified atom stereocenters. The van der Waals surface area contributed by atoms with Gasteiger partial charge in [0.2, 0.25) is 0 Å². The van der Waals surface area contributed by atoms with Crippen LogP contribution >= 0.6 is 0 Å². The smallest absolute Gasteiger partial charge is 0.0702 e. The summed E-state index contributed by atoms with van der Waals surface area (Å²) in [4.78, 5) is 4.29. The van der Waals surface area contributed by atoms with Crippen LogP contribution in [0.25, 0.3) is 10.9 Å². The molecule has 0 aliphatic carbocycles. The molecule has 0 fully saturated rings. The summed E-state index contributed by atoms with van der Waals surface area (Å²) in [7, 11) is 0. The van der Waals surface area contributed by atoms with Gasteiger partial charge < -0.3 is 0 Å². The summed E-state index contributed by atoms with van der Waals surface area (Å²) in [6.45, 7) is 0. The molecular weight excluding hydrogens is 218 g/mol. The summed E-state index contributed by atoms with van der Waals surface area (Å²) in [6.07, 6.45) is 1.80. The molecule has 0 atom stereocenters. The van der Waals surface area contributed by atoms with Crippen LogP contribution in [0.4, 0.5) is 0 Å². The van der Waals surface area contributed by atoms with E-state index in [0.717, 1.165) is 22.0 Å². The van der Waals surface area contributed by atoms with Gasteiger partial charge in [-0.05, 0) is 36.4 Å². The normalized spacial score (nSPS) is 9.78. The van der Waals surface area contributed by atoms with Crippen LogP contribution in [0.15, 0.2) is 66.9 Å². The highest BCUT2D eigenvalue weighted by molar-refractivity contribution is 5.79. The van der Waals surface area contributed by atoms with E-state index in [1.807, 2.05) is 48.5 Å². The highest BCUT2D eigenvalue weighted by Crippen LogP contribution is 2.12. The Morgan fingerprint density at radius 2 is 1.56 bits per heavy atom. The average molecular weight is 229 g/mol. The van der Waals surface area contributed by atoms with E-state index in [-0.39, 0.29) is 0 Å². The summed E-state index contributed by atoms with van der Waals surface area (Å²) in [5.41, 5.74) is 3.05. The first-order valence-electron chi connectivity index (χ1n) is 5.84. The number of hydrogen-bond donors (Lipinski definition) is 0. The highest BCUT2D eigenvalue weighted by atomic mass is 14.6. The van der Waals surface area contributed by atoms with E-state index in [2.05, 4.69) is 29.0 Å². The van der Waals surface area contributed by atoms with Gasteiger partial charge in [-0.25, -0.2) is 0 Å². The zero-order valence-corrected chi connectivity index (χ0v) is 9.80. The third-order valence-corrected chi connectivity index (χ3v) is 2.73. The maximum Gasteiger partial charge on any atom is 0.0702 e. The van der Waals surface area contributed by atoms with Crippen molar-refractivity contribution in [2.75, 3.05) is 0 Å². The molecule has 0 amide bonds. The van der Waals surface area contributed by atoms with Gasteiger partial charge in [0.25, 0.3) is 0 Å².